The molecule has 4 nitrogen and oxygen atoms in total. The number of pyridine rings is 1. The minimum Gasteiger partial charge on any atom is -0.351 e. The second kappa shape index (κ2) is 5.68. The summed E-state index contributed by atoms with van der Waals surface area (Å²) in [6.07, 6.45) is 4.41. The molecule has 76 valence electrons. The lowest BCUT2D eigenvalue weighted by molar-refractivity contribution is -0.119. The van der Waals surface area contributed by atoms with Crippen LogP contribution in [0.1, 0.15) is 11.1 Å². The molecule has 3 N–H and O–H groups in total. The largest absolute Gasteiger partial charge is 0.351 e. The highest BCUT2D eigenvalue weighted by molar-refractivity contribution is 7.15. The molecular formula is C9H14N3OP. The van der Waals surface area contributed by atoms with Gasteiger partial charge in [-0.1, -0.05) is 6.07 Å². The van der Waals surface area contributed by atoms with Crippen LogP contribution in [0.4, 0.5) is 0 Å². The number of nitrogens with one attached hydrogen (secondary N) is 1. The van der Waals surface area contributed by atoms with E-state index in [0.29, 0.717) is 6.54 Å². The van der Waals surface area contributed by atoms with Gasteiger partial charge >= 0.3 is 0 Å². The van der Waals surface area contributed by atoms with E-state index in [1.54, 1.807) is 12.4 Å². The first kappa shape index (κ1) is 11.1. The summed E-state index contributed by atoms with van der Waals surface area (Å²) in [7, 11) is 2.63. The van der Waals surface area contributed by atoms with Crippen LogP contribution in [-0.4, -0.2) is 17.4 Å². The SMILES string of the molecule is NCC(=O)NCc1cncc(CP)c1. The van der Waals surface area contributed by atoms with Crippen molar-refractivity contribution in [2.75, 3.05) is 6.54 Å². The molecule has 1 rings (SSSR count). The Morgan fingerprint density at radius 2 is 2.21 bits per heavy atom. The van der Waals surface area contributed by atoms with Crippen LogP contribution in [0.15, 0.2) is 18.5 Å². The van der Waals surface area contributed by atoms with Crippen LogP contribution in [0.2, 0.25) is 0 Å². The van der Waals surface area contributed by atoms with E-state index in [1.165, 1.54) is 0 Å². The number of carbonyl (C=O) groups excluding carboxylic acids is 1. The number of nitrogens with zero attached hydrogens (tertiary/aromatic N) is 1. The van der Waals surface area contributed by atoms with Crippen LogP contribution in [0.5, 0.6) is 0 Å². The zero-order valence-electron chi connectivity index (χ0n) is 7.86. The predicted molar refractivity (Wildman–Crippen MR) is 58.6 cm³/mol. The molecule has 1 heterocycles. The molecule has 0 aliphatic rings. The third-order valence-electron chi connectivity index (χ3n) is 1.76. The fraction of sp³-hybridized carbons (Fsp3) is 0.333. The van der Waals surface area contributed by atoms with Crippen molar-refractivity contribution in [1.82, 2.24) is 10.3 Å². The van der Waals surface area contributed by atoms with E-state index in [-0.39, 0.29) is 12.5 Å². The summed E-state index contributed by atoms with van der Waals surface area (Å²) in [5, 5.41) is 2.69. The Hall–Kier alpha value is -0.990. The minimum atomic E-state index is -0.152. The summed E-state index contributed by atoms with van der Waals surface area (Å²) in [6.45, 7) is 0.512. The Morgan fingerprint density at radius 1 is 1.50 bits per heavy atom. The van der Waals surface area contributed by atoms with Gasteiger partial charge in [-0.2, -0.15) is 0 Å². The zero-order chi connectivity index (χ0) is 10.4. The van der Waals surface area contributed by atoms with E-state index in [0.717, 1.165) is 17.3 Å². The van der Waals surface area contributed by atoms with Gasteiger partial charge in [0, 0.05) is 18.9 Å². The van der Waals surface area contributed by atoms with Crippen molar-refractivity contribution in [3.8, 4) is 0 Å². The van der Waals surface area contributed by atoms with Gasteiger partial charge in [0.25, 0.3) is 0 Å². The zero-order valence-corrected chi connectivity index (χ0v) is 9.02. The quantitative estimate of drug-likeness (QED) is 0.690. The Labute approximate surface area is 85.5 Å². The van der Waals surface area contributed by atoms with Crippen molar-refractivity contribution in [3.63, 3.8) is 0 Å². The van der Waals surface area contributed by atoms with E-state index >= 15 is 0 Å². The van der Waals surface area contributed by atoms with Crippen molar-refractivity contribution in [2.45, 2.75) is 12.7 Å². The first-order valence-electron chi connectivity index (χ1n) is 4.36. The van der Waals surface area contributed by atoms with Gasteiger partial charge in [0.1, 0.15) is 0 Å². The molecule has 0 aromatic carbocycles. The number of hydrogen-bond donors (Lipinski definition) is 2. The first-order valence-corrected chi connectivity index (χ1v) is 5.17. The Morgan fingerprint density at radius 3 is 2.86 bits per heavy atom. The van der Waals surface area contributed by atoms with Gasteiger partial charge in [0.05, 0.1) is 6.54 Å². The molecule has 0 spiro atoms. The van der Waals surface area contributed by atoms with E-state index < -0.39 is 0 Å². The van der Waals surface area contributed by atoms with Crippen LogP contribution < -0.4 is 11.1 Å². The number of aromatic nitrogens is 1. The monoisotopic (exact) mass is 211 g/mol. The maximum Gasteiger partial charge on any atom is 0.234 e. The third kappa shape index (κ3) is 3.40. The van der Waals surface area contributed by atoms with Gasteiger partial charge in [-0.15, -0.1) is 9.24 Å². The molecule has 0 fully saturated rings. The molecule has 1 aromatic heterocycles. The Kier molecular flexibility index (Phi) is 4.50. The summed E-state index contributed by atoms with van der Waals surface area (Å²) < 4.78 is 0. The molecule has 0 radical (unpaired) electrons. The fourth-order valence-corrected chi connectivity index (χ4v) is 1.25. The molecule has 5 heteroatoms. The number of carbonyl (C=O) groups is 1. The molecular weight excluding hydrogens is 197 g/mol. The van der Waals surface area contributed by atoms with E-state index in [2.05, 4.69) is 19.5 Å². The molecule has 0 saturated heterocycles. The summed E-state index contributed by atoms with van der Waals surface area (Å²) >= 11 is 0. The van der Waals surface area contributed by atoms with Gasteiger partial charge in [-0.05, 0) is 17.3 Å². The van der Waals surface area contributed by atoms with Crippen LogP contribution >= 0.6 is 9.24 Å². The average Bonchev–Trinajstić information content (AvgIpc) is 2.26. The lowest BCUT2D eigenvalue weighted by Gasteiger charge is -2.04. The van der Waals surface area contributed by atoms with Crippen molar-refractivity contribution < 1.29 is 4.79 Å². The van der Waals surface area contributed by atoms with Gasteiger partial charge in [-0.3, -0.25) is 9.78 Å². The summed E-state index contributed by atoms with van der Waals surface area (Å²) in [4.78, 5) is 14.9. The van der Waals surface area contributed by atoms with Gasteiger partial charge < -0.3 is 11.1 Å². The van der Waals surface area contributed by atoms with E-state index in [1.807, 2.05) is 6.07 Å². The number of hydrogen-bond acceptors (Lipinski definition) is 3. The van der Waals surface area contributed by atoms with Crippen molar-refractivity contribution in [3.05, 3.63) is 29.6 Å². The molecule has 1 amide bonds. The van der Waals surface area contributed by atoms with Crippen LogP contribution in [-0.2, 0) is 17.5 Å². The summed E-state index contributed by atoms with van der Waals surface area (Å²) in [6, 6.07) is 2.01. The predicted octanol–water partition coefficient (Wildman–Crippen LogP) is 0.0316. The molecule has 1 atom stereocenters. The normalized spacial score (nSPS) is 9.86. The van der Waals surface area contributed by atoms with Gasteiger partial charge in [0.2, 0.25) is 5.91 Å². The summed E-state index contributed by atoms with van der Waals surface area (Å²) in [5.74, 6) is -0.152. The van der Waals surface area contributed by atoms with Crippen molar-refractivity contribution >= 4 is 15.1 Å². The first-order chi connectivity index (χ1) is 6.76. The highest BCUT2D eigenvalue weighted by Crippen LogP contribution is 2.06. The van der Waals surface area contributed by atoms with Crippen LogP contribution in [0.3, 0.4) is 0 Å². The van der Waals surface area contributed by atoms with Crippen LogP contribution in [0, 0.1) is 0 Å². The van der Waals surface area contributed by atoms with Gasteiger partial charge in [-0.25, -0.2) is 0 Å². The Bertz CT molecular complexity index is 317. The second-order valence-electron chi connectivity index (χ2n) is 2.89. The molecule has 1 aromatic rings. The topological polar surface area (TPSA) is 68.0 Å². The summed E-state index contributed by atoms with van der Waals surface area (Å²) in [5.41, 5.74) is 7.29. The van der Waals surface area contributed by atoms with E-state index in [9.17, 15) is 4.79 Å². The molecule has 0 aliphatic carbocycles. The van der Waals surface area contributed by atoms with Crippen LogP contribution in [0.25, 0.3) is 0 Å². The lowest BCUT2D eigenvalue weighted by atomic mass is 10.2. The Balaban J connectivity index is 2.54. The van der Waals surface area contributed by atoms with Gasteiger partial charge in [0.15, 0.2) is 0 Å². The molecule has 0 aliphatic heterocycles. The smallest absolute Gasteiger partial charge is 0.234 e. The van der Waals surface area contributed by atoms with E-state index in [4.69, 9.17) is 5.73 Å². The second-order valence-corrected chi connectivity index (χ2v) is 3.29. The molecule has 14 heavy (non-hydrogen) atoms. The maximum atomic E-state index is 10.9. The average molecular weight is 211 g/mol. The minimum absolute atomic E-state index is 0.0246. The third-order valence-corrected chi connectivity index (χ3v) is 2.23. The van der Waals surface area contributed by atoms with Crippen molar-refractivity contribution in [2.24, 2.45) is 5.73 Å². The number of rotatable bonds is 4. The van der Waals surface area contributed by atoms with Crippen molar-refractivity contribution in [1.29, 1.82) is 0 Å². The number of amides is 1. The highest BCUT2D eigenvalue weighted by atomic mass is 31.0. The highest BCUT2D eigenvalue weighted by Gasteiger charge is 1.98. The number of nitrogens with two attached hydrogens (primary N) is 1. The molecule has 0 saturated carbocycles. The lowest BCUT2D eigenvalue weighted by Crippen LogP contribution is -2.29. The standard InChI is InChI=1S/C9H14N3OP/c10-2-9(13)12-5-7-1-8(6-14)4-11-3-7/h1,3-4H,2,5-6,10,14H2,(H,12,13). The molecule has 1 unspecified atom stereocenters. The molecule has 0 bridgehead atoms. The maximum absolute atomic E-state index is 10.9. The fourth-order valence-electron chi connectivity index (χ4n) is 1.02.